The zero-order chi connectivity index (χ0) is 24.7. The Hall–Kier alpha value is -3.43. The lowest BCUT2D eigenvalue weighted by Crippen LogP contribution is -2.36. The van der Waals surface area contributed by atoms with E-state index in [9.17, 15) is 17.6 Å². The van der Waals surface area contributed by atoms with Gasteiger partial charge in [-0.3, -0.25) is 4.79 Å². The van der Waals surface area contributed by atoms with Gasteiger partial charge in [0.15, 0.2) is 0 Å². The van der Waals surface area contributed by atoms with E-state index in [1.165, 1.54) is 61.7 Å². The molecule has 0 unspecified atom stereocenters. The molecule has 0 heterocycles. The number of rotatable bonds is 10. The fourth-order valence-electron chi connectivity index (χ4n) is 3.17. The lowest BCUT2D eigenvalue weighted by atomic mass is 10.1. The summed E-state index contributed by atoms with van der Waals surface area (Å²) in [6.07, 6.45) is 0. The van der Waals surface area contributed by atoms with Gasteiger partial charge in [0, 0.05) is 19.6 Å². The second kappa shape index (κ2) is 11.1. The number of benzene rings is 3. The van der Waals surface area contributed by atoms with Crippen molar-refractivity contribution in [1.29, 1.82) is 0 Å². The molecule has 3 aromatic rings. The van der Waals surface area contributed by atoms with Crippen LogP contribution >= 0.6 is 0 Å². The third kappa shape index (κ3) is 6.55. The predicted octanol–water partition coefficient (Wildman–Crippen LogP) is 3.81. The molecule has 0 saturated heterocycles. The number of ether oxygens (including phenoxy) is 1. The number of likely N-dealkylation sites (N-methyl/N-ethyl adjacent to an activating group) is 1. The number of nitrogens with zero attached hydrogens (tertiary/aromatic N) is 2. The highest BCUT2D eigenvalue weighted by Crippen LogP contribution is 2.22. The van der Waals surface area contributed by atoms with Gasteiger partial charge in [0.1, 0.15) is 22.2 Å². The zero-order valence-electron chi connectivity index (χ0n) is 19.3. The van der Waals surface area contributed by atoms with E-state index < -0.39 is 21.8 Å². The largest absolute Gasteiger partial charge is 0.497 e. The molecule has 180 valence electrons. The van der Waals surface area contributed by atoms with Gasteiger partial charge in [-0.15, -0.1) is 0 Å². The maximum absolute atomic E-state index is 14.2. The van der Waals surface area contributed by atoms with Crippen molar-refractivity contribution in [3.8, 4) is 11.5 Å². The Bertz CT molecular complexity index is 1210. The Morgan fingerprint density at radius 3 is 2.09 bits per heavy atom. The maximum Gasteiger partial charge on any atom is 0.339 e. The first-order chi connectivity index (χ1) is 16.2. The van der Waals surface area contributed by atoms with Gasteiger partial charge in [-0.05, 0) is 68.2 Å². The van der Waals surface area contributed by atoms with Crippen LogP contribution in [-0.4, -0.2) is 58.4 Å². The summed E-state index contributed by atoms with van der Waals surface area (Å²) in [5, 5.41) is 0. The van der Waals surface area contributed by atoms with E-state index >= 15 is 0 Å². The molecular formula is C25H27FN2O5S. The molecule has 3 aromatic carbocycles. The van der Waals surface area contributed by atoms with E-state index in [0.29, 0.717) is 18.8 Å². The molecule has 0 radical (unpaired) electrons. The fourth-order valence-corrected chi connectivity index (χ4v) is 4.10. The van der Waals surface area contributed by atoms with Crippen molar-refractivity contribution >= 4 is 16.0 Å². The first kappa shape index (κ1) is 25.2. The summed E-state index contributed by atoms with van der Waals surface area (Å²) in [6.45, 7) is 1.22. The smallest absolute Gasteiger partial charge is 0.339 e. The molecule has 0 fully saturated rings. The lowest BCUT2D eigenvalue weighted by Gasteiger charge is -2.25. The SMILES string of the molecule is COc1ccc(S(=O)(=O)Oc2ccc(CN(CCN(C)C)C(=O)c3ccccc3F)cc2)cc1. The number of carbonyl (C=O) groups is 1. The van der Waals surface area contributed by atoms with Crippen LogP contribution in [0.3, 0.4) is 0 Å². The molecule has 7 nitrogen and oxygen atoms in total. The number of hydrogen-bond acceptors (Lipinski definition) is 6. The van der Waals surface area contributed by atoms with Crippen molar-refractivity contribution in [2.75, 3.05) is 34.3 Å². The van der Waals surface area contributed by atoms with Crippen LogP contribution in [0.15, 0.2) is 77.7 Å². The van der Waals surface area contributed by atoms with Gasteiger partial charge in [0.2, 0.25) is 0 Å². The highest BCUT2D eigenvalue weighted by atomic mass is 32.2. The van der Waals surface area contributed by atoms with Gasteiger partial charge in [-0.25, -0.2) is 4.39 Å². The van der Waals surface area contributed by atoms with Crippen molar-refractivity contribution in [2.45, 2.75) is 11.4 Å². The average Bonchev–Trinajstić information content (AvgIpc) is 2.82. The molecule has 3 rings (SSSR count). The van der Waals surface area contributed by atoms with Crippen LogP contribution in [-0.2, 0) is 16.7 Å². The molecule has 0 aromatic heterocycles. The highest BCUT2D eigenvalue weighted by molar-refractivity contribution is 7.87. The second-order valence-corrected chi connectivity index (χ2v) is 9.41. The average molecular weight is 487 g/mol. The highest BCUT2D eigenvalue weighted by Gasteiger charge is 2.20. The van der Waals surface area contributed by atoms with Crippen LogP contribution in [0.25, 0.3) is 0 Å². The molecule has 0 spiro atoms. The van der Waals surface area contributed by atoms with Gasteiger partial charge in [0.05, 0.1) is 12.7 Å². The Kier molecular flexibility index (Phi) is 8.25. The standard InChI is InChI=1S/C25H27FN2O5S/c1-27(2)16-17-28(25(29)23-6-4-5-7-24(23)26)18-19-8-10-21(11-9-19)33-34(30,31)22-14-12-20(32-3)13-15-22/h4-15H,16-18H2,1-3H3. The first-order valence-corrected chi connectivity index (χ1v) is 12.0. The van der Waals surface area contributed by atoms with E-state index in [4.69, 9.17) is 8.92 Å². The summed E-state index contributed by atoms with van der Waals surface area (Å²) in [5.41, 5.74) is 0.754. The Labute approximate surface area is 199 Å². The van der Waals surface area contributed by atoms with Gasteiger partial charge in [-0.1, -0.05) is 24.3 Å². The number of amides is 1. The van der Waals surface area contributed by atoms with Gasteiger partial charge >= 0.3 is 10.1 Å². The number of methoxy groups -OCH3 is 1. The van der Waals surface area contributed by atoms with Crippen molar-refractivity contribution in [3.63, 3.8) is 0 Å². The number of hydrogen-bond donors (Lipinski definition) is 0. The molecule has 0 aliphatic heterocycles. The Balaban J connectivity index is 1.74. The van der Waals surface area contributed by atoms with E-state index in [1.807, 2.05) is 19.0 Å². The molecule has 1 amide bonds. The van der Waals surface area contributed by atoms with E-state index in [2.05, 4.69) is 0 Å². The fraction of sp³-hybridized carbons (Fsp3) is 0.240. The van der Waals surface area contributed by atoms with Crippen LogP contribution < -0.4 is 8.92 Å². The van der Waals surface area contributed by atoms with Gasteiger partial charge in [0.25, 0.3) is 5.91 Å². The summed E-state index contributed by atoms with van der Waals surface area (Å²) in [4.78, 5) is 16.5. The third-order valence-electron chi connectivity index (χ3n) is 5.06. The van der Waals surface area contributed by atoms with Crippen molar-refractivity contribution in [3.05, 3.63) is 89.7 Å². The molecule has 0 N–H and O–H groups in total. The molecular weight excluding hydrogens is 459 g/mol. The number of halogens is 1. The normalized spacial score (nSPS) is 11.3. The summed E-state index contributed by atoms with van der Waals surface area (Å²) in [5.74, 6) is -0.316. The molecule has 0 bridgehead atoms. The molecule has 9 heteroatoms. The first-order valence-electron chi connectivity index (χ1n) is 10.6. The maximum atomic E-state index is 14.2. The quantitative estimate of drug-likeness (QED) is 0.406. The Morgan fingerprint density at radius 2 is 1.50 bits per heavy atom. The van der Waals surface area contributed by atoms with E-state index in [0.717, 1.165) is 5.56 Å². The topological polar surface area (TPSA) is 76.2 Å². The Morgan fingerprint density at radius 1 is 0.882 bits per heavy atom. The van der Waals surface area contributed by atoms with Crippen LogP contribution in [0.4, 0.5) is 4.39 Å². The molecule has 0 saturated carbocycles. The van der Waals surface area contributed by atoms with Crippen LogP contribution in [0.5, 0.6) is 11.5 Å². The van der Waals surface area contributed by atoms with Gasteiger partial charge < -0.3 is 18.7 Å². The third-order valence-corrected chi connectivity index (χ3v) is 6.32. The lowest BCUT2D eigenvalue weighted by molar-refractivity contribution is 0.0727. The second-order valence-electron chi connectivity index (χ2n) is 7.87. The molecule has 0 aliphatic carbocycles. The van der Waals surface area contributed by atoms with Crippen LogP contribution in [0, 0.1) is 5.82 Å². The van der Waals surface area contributed by atoms with Crippen molar-refractivity contribution in [1.82, 2.24) is 9.80 Å². The summed E-state index contributed by atoms with van der Waals surface area (Å²) in [6, 6.07) is 18.1. The minimum absolute atomic E-state index is 0.00252. The van der Waals surface area contributed by atoms with E-state index in [-0.39, 0.29) is 22.8 Å². The summed E-state index contributed by atoms with van der Waals surface area (Å²) in [7, 11) is 1.26. The minimum Gasteiger partial charge on any atom is -0.497 e. The molecule has 0 aliphatic rings. The molecule has 34 heavy (non-hydrogen) atoms. The van der Waals surface area contributed by atoms with Crippen LogP contribution in [0.1, 0.15) is 15.9 Å². The molecule has 0 atom stereocenters. The van der Waals surface area contributed by atoms with Gasteiger partial charge in [-0.2, -0.15) is 8.42 Å². The number of carbonyl (C=O) groups excluding carboxylic acids is 1. The summed E-state index contributed by atoms with van der Waals surface area (Å²) >= 11 is 0. The zero-order valence-corrected chi connectivity index (χ0v) is 20.1. The minimum atomic E-state index is -4.01. The van der Waals surface area contributed by atoms with E-state index in [1.54, 1.807) is 23.1 Å². The van der Waals surface area contributed by atoms with Crippen molar-refractivity contribution in [2.24, 2.45) is 0 Å². The predicted molar refractivity (Wildman–Crippen MR) is 127 cm³/mol. The van der Waals surface area contributed by atoms with Crippen LogP contribution in [0.2, 0.25) is 0 Å². The monoisotopic (exact) mass is 486 g/mol. The summed E-state index contributed by atoms with van der Waals surface area (Å²) < 4.78 is 49.5. The van der Waals surface area contributed by atoms with Crippen molar-refractivity contribution < 1.29 is 26.5 Å².